The van der Waals surface area contributed by atoms with Gasteiger partial charge in [-0.15, -0.1) is 0 Å². The van der Waals surface area contributed by atoms with Gasteiger partial charge in [0.05, 0.1) is 4.92 Å². The van der Waals surface area contributed by atoms with Gasteiger partial charge in [0.1, 0.15) is 5.82 Å². The summed E-state index contributed by atoms with van der Waals surface area (Å²) < 4.78 is 18.8. The van der Waals surface area contributed by atoms with E-state index in [0.717, 1.165) is 6.07 Å². The number of para-hydroxylation sites is 1. The molecule has 0 saturated heterocycles. The highest BCUT2D eigenvalue weighted by atomic mass is 19.1. The van der Waals surface area contributed by atoms with Crippen molar-refractivity contribution in [1.82, 2.24) is 4.98 Å². The first-order valence-electron chi connectivity index (χ1n) is 5.37. The lowest BCUT2D eigenvalue weighted by Gasteiger charge is -2.07. The monoisotopic (exact) mass is 263 g/mol. The number of halogens is 1. The van der Waals surface area contributed by atoms with E-state index in [1.807, 2.05) is 0 Å². The zero-order chi connectivity index (χ0) is 13.8. The highest BCUT2D eigenvalue weighted by Crippen LogP contribution is 2.33. The molecule has 0 fully saturated rings. The van der Waals surface area contributed by atoms with E-state index in [0.29, 0.717) is 5.82 Å². The van der Waals surface area contributed by atoms with E-state index < -0.39 is 22.2 Å². The lowest BCUT2D eigenvalue weighted by Crippen LogP contribution is -1.98. The molecule has 2 aromatic rings. The lowest BCUT2D eigenvalue weighted by atomic mass is 10.3. The lowest BCUT2D eigenvalue weighted by molar-refractivity contribution is -0.385. The van der Waals surface area contributed by atoms with Gasteiger partial charge in [-0.05, 0) is 12.1 Å². The van der Waals surface area contributed by atoms with E-state index in [4.69, 9.17) is 4.74 Å². The second-order valence-electron chi connectivity index (χ2n) is 3.56. The summed E-state index contributed by atoms with van der Waals surface area (Å²) in [5, 5.41) is 13.6. The summed E-state index contributed by atoms with van der Waals surface area (Å²) in [6, 6.07) is 8.31. The van der Waals surface area contributed by atoms with Crippen LogP contribution in [0.1, 0.15) is 0 Å². The number of hydrogen-bond acceptors (Lipinski definition) is 5. The van der Waals surface area contributed by atoms with Crippen LogP contribution in [0.5, 0.6) is 11.6 Å². The van der Waals surface area contributed by atoms with Crippen LogP contribution in [-0.4, -0.2) is 17.0 Å². The van der Waals surface area contributed by atoms with Crippen molar-refractivity contribution in [3.63, 3.8) is 0 Å². The molecule has 0 atom stereocenters. The van der Waals surface area contributed by atoms with Crippen molar-refractivity contribution in [2.24, 2.45) is 0 Å². The number of anilines is 1. The molecule has 0 radical (unpaired) electrons. The fraction of sp³-hybridized carbons (Fsp3) is 0.0833. The van der Waals surface area contributed by atoms with Gasteiger partial charge < -0.3 is 10.1 Å². The van der Waals surface area contributed by atoms with Crippen LogP contribution in [0, 0.1) is 15.9 Å². The number of nitrogens with one attached hydrogen (secondary N) is 1. The highest BCUT2D eigenvalue weighted by Gasteiger charge is 2.20. The topological polar surface area (TPSA) is 77.3 Å². The van der Waals surface area contributed by atoms with Crippen LogP contribution < -0.4 is 10.1 Å². The third kappa shape index (κ3) is 2.76. The predicted octanol–water partition coefficient (Wildman–Crippen LogP) is 2.96. The molecule has 0 saturated carbocycles. The molecule has 0 unspecified atom stereocenters. The van der Waals surface area contributed by atoms with E-state index in [1.54, 1.807) is 19.2 Å². The first-order valence-corrected chi connectivity index (χ1v) is 5.37. The Morgan fingerprint density at radius 2 is 2.05 bits per heavy atom. The van der Waals surface area contributed by atoms with Crippen LogP contribution in [0.4, 0.5) is 15.9 Å². The average Bonchev–Trinajstić information content (AvgIpc) is 2.41. The summed E-state index contributed by atoms with van der Waals surface area (Å²) in [5.41, 5.74) is -0.448. The molecule has 0 aliphatic rings. The van der Waals surface area contributed by atoms with Gasteiger partial charge in [0.15, 0.2) is 5.82 Å². The first-order chi connectivity index (χ1) is 9.11. The summed E-state index contributed by atoms with van der Waals surface area (Å²) in [6.45, 7) is 0. The molecule has 0 spiro atoms. The second kappa shape index (κ2) is 5.30. The third-order valence-electron chi connectivity index (χ3n) is 2.33. The summed E-state index contributed by atoms with van der Waals surface area (Å²) in [6.07, 6.45) is 0. The number of nitro benzene ring substituents is 1. The van der Waals surface area contributed by atoms with Crippen molar-refractivity contribution in [3.05, 3.63) is 52.3 Å². The van der Waals surface area contributed by atoms with Crippen LogP contribution in [0.15, 0.2) is 36.4 Å². The van der Waals surface area contributed by atoms with Gasteiger partial charge in [-0.2, -0.15) is 4.98 Å². The van der Waals surface area contributed by atoms with Gasteiger partial charge >= 0.3 is 5.69 Å². The van der Waals surface area contributed by atoms with Gasteiger partial charge in [0.25, 0.3) is 0 Å². The molecule has 1 heterocycles. The minimum Gasteiger partial charge on any atom is -0.429 e. The number of pyridine rings is 1. The predicted molar refractivity (Wildman–Crippen MR) is 66.9 cm³/mol. The Bertz CT molecular complexity index is 619. The molecule has 1 N–H and O–H groups in total. The molecule has 6 nitrogen and oxygen atoms in total. The quantitative estimate of drug-likeness (QED) is 0.677. The fourth-order valence-electron chi connectivity index (χ4n) is 1.46. The third-order valence-corrected chi connectivity index (χ3v) is 2.33. The normalized spacial score (nSPS) is 10.0. The number of ether oxygens (including phenoxy) is 1. The summed E-state index contributed by atoms with van der Waals surface area (Å²) in [4.78, 5) is 14.1. The largest absolute Gasteiger partial charge is 0.429 e. The Morgan fingerprint density at radius 3 is 2.74 bits per heavy atom. The van der Waals surface area contributed by atoms with Gasteiger partial charge in [0.2, 0.25) is 11.6 Å². The Morgan fingerprint density at radius 1 is 1.32 bits per heavy atom. The van der Waals surface area contributed by atoms with E-state index in [2.05, 4.69) is 10.3 Å². The molecule has 7 heteroatoms. The standard InChI is InChI=1S/C12H10FN3O3/c1-14-10-6-3-7-11(15-10)19-12-8(13)4-2-5-9(12)16(17)18/h2-7H,1H3,(H,14,15). The van der Waals surface area contributed by atoms with Crippen molar-refractivity contribution in [2.75, 3.05) is 12.4 Å². The van der Waals surface area contributed by atoms with Crippen molar-refractivity contribution >= 4 is 11.5 Å². The van der Waals surface area contributed by atoms with Crippen molar-refractivity contribution in [3.8, 4) is 11.6 Å². The van der Waals surface area contributed by atoms with E-state index >= 15 is 0 Å². The molecule has 0 amide bonds. The van der Waals surface area contributed by atoms with Gasteiger partial charge in [0, 0.05) is 19.2 Å². The molecule has 2 rings (SSSR count). The van der Waals surface area contributed by atoms with Crippen LogP contribution >= 0.6 is 0 Å². The number of nitrogens with zero attached hydrogens (tertiary/aromatic N) is 2. The molecule has 1 aromatic heterocycles. The van der Waals surface area contributed by atoms with E-state index in [9.17, 15) is 14.5 Å². The highest BCUT2D eigenvalue weighted by molar-refractivity contribution is 5.49. The minimum absolute atomic E-state index is 0.0695. The molecule has 0 bridgehead atoms. The molecule has 98 valence electrons. The van der Waals surface area contributed by atoms with E-state index in [-0.39, 0.29) is 5.88 Å². The van der Waals surface area contributed by atoms with Crippen LogP contribution in [-0.2, 0) is 0 Å². The van der Waals surface area contributed by atoms with Gasteiger partial charge in [-0.1, -0.05) is 12.1 Å². The number of rotatable bonds is 4. The van der Waals surface area contributed by atoms with Crippen LogP contribution in [0.2, 0.25) is 0 Å². The summed E-state index contributed by atoms with van der Waals surface area (Å²) >= 11 is 0. The van der Waals surface area contributed by atoms with Crippen molar-refractivity contribution in [2.45, 2.75) is 0 Å². The van der Waals surface area contributed by atoms with Crippen molar-refractivity contribution in [1.29, 1.82) is 0 Å². The van der Waals surface area contributed by atoms with E-state index in [1.165, 1.54) is 18.2 Å². The Kier molecular flexibility index (Phi) is 3.56. The minimum atomic E-state index is -0.814. The smallest absolute Gasteiger partial charge is 0.314 e. The average molecular weight is 263 g/mol. The number of nitro groups is 1. The van der Waals surface area contributed by atoms with Crippen LogP contribution in [0.3, 0.4) is 0 Å². The van der Waals surface area contributed by atoms with Crippen LogP contribution in [0.25, 0.3) is 0 Å². The maximum atomic E-state index is 13.6. The Hall–Kier alpha value is -2.70. The Labute approximate surface area is 108 Å². The maximum Gasteiger partial charge on any atom is 0.314 e. The first kappa shape index (κ1) is 12.7. The molecule has 0 aliphatic heterocycles. The molecule has 1 aromatic carbocycles. The molecular formula is C12H10FN3O3. The number of aromatic nitrogens is 1. The molecular weight excluding hydrogens is 253 g/mol. The number of benzene rings is 1. The van der Waals surface area contributed by atoms with Gasteiger partial charge in [-0.25, -0.2) is 4.39 Å². The number of hydrogen-bond donors (Lipinski definition) is 1. The summed E-state index contributed by atoms with van der Waals surface area (Å²) in [5.74, 6) is -0.685. The zero-order valence-corrected chi connectivity index (χ0v) is 9.96. The Balaban J connectivity index is 2.40. The maximum absolute atomic E-state index is 13.6. The SMILES string of the molecule is CNc1cccc(Oc2c(F)cccc2[N+](=O)[O-])n1. The van der Waals surface area contributed by atoms with Gasteiger partial charge in [-0.3, -0.25) is 10.1 Å². The zero-order valence-electron chi connectivity index (χ0n) is 9.96. The molecule has 19 heavy (non-hydrogen) atoms. The summed E-state index contributed by atoms with van der Waals surface area (Å²) in [7, 11) is 1.66. The fourth-order valence-corrected chi connectivity index (χ4v) is 1.46. The molecule has 0 aliphatic carbocycles. The van der Waals surface area contributed by atoms with Crippen molar-refractivity contribution < 1.29 is 14.1 Å². The second-order valence-corrected chi connectivity index (χ2v) is 3.56.